The van der Waals surface area contributed by atoms with Gasteiger partial charge < -0.3 is 5.11 Å². The van der Waals surface area contributed by atoms with Gasteiger partial charge in [-0.2, -0.15) is 0 Å². The van der Waals surface area contributed by atoms with Crippen molar-refractivity contribution in [2.75, 3.05) is 13.6 Å². The summed E-state index contributed by atoms with van der Waals surface area (Å²) in [6.07, 6.45) is -0.435. The van der Waals surface area contributed by atoms with Crippen LogP contribution in [-0.2, 0) is 6.54 Å². The molecule has 2 rings (SSSR count). The molecule has 0 saturated carbocycles. The maximum Gasteiger partial charge on any atom is 0.0916 e. The van der Waals surface area contributed by atoms with Crippen LogP contribution in [0.2, 0.25) is 0 Å². The summed E-state index contributed by atoms with van der Waals surface area (Å²) in [6.45, 7) is 3.62. The second-order valence-corrected chi connectivity index (χ2v) is 5.05. The first-order valence-corrected chi connectivity index (χ1v) is 6.63. The summed E-state index contributed by atoms with van der Waals surface area (Å²) in [5.74, 6) is 0. The SMILES string of the molecule is Cc1ccccc1CN(C)CC(O)c1ccccc1. The van der Waals surface area contributed by atoms with Gasteiger partial charge in [0.1, 0.15) is 0 Å². The van der Waals surface area contributed by atoms with E-state index in [9.17, 15) is 5.11 Å². The number of nitrogens with zero attached hydrogens (tertiary/aromatic N) is 1. The largest absolute Gasteiger partial charge is 0.387 e. The molecule has 0 aliphatic rings. The molecular formula is C17H21NO. The van der Waals surface area contributed by atoms with E-state index >= 15 is 0 Å². The van der Waals surface area contributed by atoms with E-state index < -0.39 is 6.10 Å². The molecule has 0 saturated heterocycles. The molecule has 1 N–H and O–H groups in total. The van der Waals surface area contributed by atoms with E-state index in [-0.39, 0.29) is 0 Å². The lowest BCUT2D eigenvalue weighted by Crippen LogP contribution is -2.24. The minimum Gasteiger partial charge on any atom is -0.387 e. The van der Waals surface area contributed by atoms with Gasteiger partial charge in [0.15, 0.2) is 0 Å². The summed E-state index contributed by atoms with van der Waals surface area (Å²) in [5.41, 5.74) is 3.58. The van der Waals surface area contributed by atoms with Gasteiger partial charge in [-0.1, -0.05) is 54.6 Å². The minimum atomic E-state index is -0.435. The van der Waals surface area contributed by atoms with E-state index in [1.165, 1.54) is 11.1 Å². The van der Waals surface area contributed by atoms with E-state index in [0.29, 0.717) is 6.54 Å². The fraction of sp³-hybridized carbons (Fsp3) is 0.294. The molecule has 0 spiro atoms. The molecule has 2 aromatic rings. The molecule has 0 aromatic heterocycles. The topological polar surface area (TPSA) is 23.5 Å². The maximum atomic E-state index is 10.2. The van der Waals surface area contributed by atoms with Gasteiger partial charge in [-0.25, -0.2) is 0 Å². The Labute approximate surface area is 115 Å². The Morgan fingerprint density at radius 1 is 1.00 bits per heavy atom. The van der Waals surface area contributed by atoms with Gasteiger partial charge in [0.2, 0.25) is 0 Å². The van der Waals surface area contributed by atoms with Crippen molar-refractivity contribution in [2.45, 2.75) is 19.6 Å². The monoisotopic (exact) mass is 255 g/mol. The van der Waals surface area contributed by atoms with Crippen molar-refractivity contribution in [1.29, 1.82) is 0 Å². The summed E-state index contributed by atoms with van der Waals surface area (Å²) >= 11 is 0. The zero-order valence-electron chi connectivity index (χ0n) is 11.6. The quantitative estimate of drug-likeness (QED) is 0.887. The Morgan fingerprint density at radius 3 is 2.32 bits per heavy atom. The van der Waals surface area contributed by atoms with E-state index in [0.717, 1.165) is 12.1 Å². The number of rotatable bonds is 5. The van der Waals surface area contributed by atoms with Crippen molar-refractivity contribution >= 4 is 0 Å². The van der Waals surface area contributed by atoms with Gasteiger partial charge >= 0.3 is 0 Å². The van der Waals surface area contributed by atoms with Crippen LogP contribution < -0.4 is 0 Å². The zero-order valence-corrected chi connectivity index (χ0v) is 11.6. The van der Waals surface area contributed by atoms with Gasteiger partial charge in [0.05, 0.1) is 6.10 Å². The lowest BCUT2D eigenvalue weighted by Gasteiger charge is -2.21. The highest BCUT2D eigenvalue weighted by Crippen LogP contribution is 2.15. The van der Waals surface area contributed by atoms with Gasteiger partial charge in [0.25, 0.3) is 0 Å². The van der Waals surface area contributed by atoms with Crippen LogP contribution in [0.25, 0.3) is 0 Å². The second kappa shape index (κ2) is 6.50. The molecule has 2 heteroatoms. The minimum absolute atomic E-state index is 0.435. The molecule has 19 heavy (non-hydrogen) atoms. The first kappa shape index (κ1) is 13.8. The van der Waals surface area contributed by atoms with Gasteiger partial charge in [0, 0.05) is 13.1 Å². The molecule has 0 fully saturated rings. The van der Waals surface area contributed by atoms with Crippen LogP contribution in [0, 0.1) is 6.92 Å². The first-order valence-electron chi connectivity index (χ1n) is 6.63. The number of aryl methyl sites for hydroxylation is 1. The second-order valence-electron chi connectivity index (χ2n) is 5.05. The smallest absolute Gasteiger partial charge is 0.0916 e. The average molecular weight is 255 g/mol. The zero-order chi connectivity index (χ0) is 13.7. The third kappa shape index (κ3) is 3.91. The Balaban J connectivity index is 1.95. The molecule has 2 nitrogen and oxygen atoms in total. The highest BCUT2D eigenvalue weighted by molar-refractivity contribution is 5.25. The maximum absolute atomic E-state index is 10.2. The Morgan fingerprint density at radius 2 is 1.63 bits per heavy atom. The summed E-state index contributed by atoms with van der Waals surface area (Å²) in [5, 5.41) is 10.2. The van der Waals surface area contributed by atoms with E-state index in [1.54, 1.807) is 0 Å². The van der Waals surface area contributed by atoms with Crippen LogP contribution in [0.4, 0.5) is 0 Å². The Bertz CT molecular complexity index is 510. The molecule has 1 atom stereocenters. The molecule has 2 aromatic carbocycles. The van der Waals surface area contributed by atoms with Crippen LogP contribution in [0.5, 0.6) is 0 Å². The lowest BCUT2D eigenvalue weighted by molar-refractivity contribution is 0.123. The van der Waals surface area contributed by atoms with Crippen molar-refractivity contribution in [2.24, 2.45) is 0 Å². The van der Waals surface area contributed by atoms with Crippen LogP contribution >= 0.6 is 0 Å². The molecular weight excluding hydrogens is 234 g/mol. The predicted molar refractivity (Wildman–Crippen MR) is 78.9 cm³/mol. The van der Waals surface area contributed by atoms with E-state index in [1.807, 2.05) is 37.4 Å². The Hall–Kier alpha value is -1.64. The number of aliphatic hydroxyl groups is 1. The van der Waals surface area contributed by atoms with Gasteiger partial charge in [-0.3, -0.25) is 4.90 Å². The highest BCUT2D eigenvalue weighted by atomic mass is 16.3. The van der Waals surface area contributed by atoms with Gasteiger partial charge in [-0.15, -0.1) is 0 Å². The molecule has 0 radical (unpaired) electrons. The van der Waals surface area contributed by atoms with Crippen LogP contribution in [-0.4, -0.2) is 23.6 Å². The molecule has 0 heterocycles. The van der Waals surface area contributed by atoms with Crippen LogP contribution in [0.1, 0.15) is 22.8 Å². The normalized spacial score (nSPS) is 12.6. The fourth-order valence-electron chi connectivity index (χ4n) is 2.22. The van der Waals surface area contributed by atoms with Crippen LogP contribution in [0.15, 0.2) is 54.6 Å². The van der Waals surface area contributed by atoms with Crippen molar-refractivity contribution < 1.29 is 5.11 Å². The molecule has 0 aliphatic heterocycles. The number of benzene rings is 2. The molecule has 1 unspecified atom stereocenters. The fourth-order valence-corrected chi connectivity index (χ4v) is 2.22. The van der Waals surface area contributed by atoms with Crippen molar-refractivity contribution in [1.82, 2.24) is 4.90 Å². The lowest BCUT2D eigenvalue weighted by atomic mass is 10.1. The Kier molecular flexibility index (Phi) is 4.72. The van der Waals surface area contributed by atoms with Gasteiger partial charge in [-0.05, 0) is 30.7 Å². The standard InChI is InChI=1S/C17H21NO/c1-14-8-6-7-11-16(14)12-18(2)13-17(19)15-9-4-3-5-10-15/h3-11,17,19H,12-13H2,1-2H3. The number of hydrogen-bond donors (Lipinski definition) is 1. The van der Waals surface area contributed by atoms with Crippen molar-refractivity contribution in [3.8, 4) is 0 Å². The number of likely N-dealkylation sites (N-methyl/N-ethyl adjacent to an activating group) is 1. The third-order valence-electron chi connectivity index (χ3n) is 3.37. The highest BCUT2D eigenvalue weighted by Gasteiger charge is 2.11. The summed E-state index contributed by atoms with van der Waals surface area (Å²) in [7, 11) is 2.04. The average Bonchev–Trinajstić information content (AvgIpc) is 2.42. The molecule has 0 aliphatic carbocycles. The van der Waals surface area contributed by atoms with Crippen molar-refractivity contribution in [3.63, 3.8) is 0 Å². The predicted octanol–water partition coefficient (Wildman–Crippen LogP) is 3.16. The van der Waals surface area contributed by atoms with E-state index in [4.69, 9.17) is 0 Å². The van der Waals surface area contributed by atoms with E-state index in [2.05, 4.69) is 36.1 Å². The summed E-state index contributed by atoms with van der Waals surface area (Å²) < 4.78 is 0. The number of hydrogen-bond acceptors (Lipinski definition) is 2. The van der Waals surface area contributed by atoms with Crippen LogP contribution in [0.3, 0.4) is 0 Å². The summed E-state index contributed by atoms with van der Waals surface area (Å²) in [6, 6.07) is 18.2. The third-order valence-corrected chi connectivity index (χ3v) is 3.37. The molecule has 100 valence electrons. The first-order chi connectivity index (χ1) is 9.16. The molecule has 0 amide bonds. The molecule has 0 bridgehead atoms. The summed E-state index contributed by atoms with van der Waals surface area (Å²) in [4.78, 5) is 2.15. The van der Waals surface area contributed by atoms with Crippen molar-refractivity contribution in [3.05, 3.63) is 71.3 Å². The number of aliphatic hydroxyl groups excluding tert-OH is 1.